The Labute approximate surface area is 165 Å². The fourth-order valence-electron chi connectivity index (χ4n) is 2.44. The molecule has 1 amide bonds. The van der Waals surface area contributed by atoms with Crippen LogP contribution in [0.2, 0.25) is 5.02 Å². The number of carbonyl (C=O) groups excluding carboxylic acids is 1. The number of amides is 1. The Bertz CT molecular complexity index is 898. The molecule has 0 heterocycles. The molecule has 0 unspecified atom stereocenters. The Morgan fingerprint density at radius 2 is 1.81 bits per heavy atom. The molecule has 2 aromatic carbocycles. The van der Waals surface area contributed by atoms with Gasteiger partial charge in [-0.1, -0.05) is 30.7 Å². The first-order chi connectivity index (χ1) is 12.8. The van der Waals surface area contributed by atoms with Crippen molar-refractivity contribution in [2.75, 3.05) is 25.5 Å². The van der Waals surface area contributed by atoms with E-state index in [1.165, 1.54) is 19.2 Å². The van der Waals surface area contributed by atoms with Gasteiger partial charge in [0, 0.05) is 17.8 Å². The molecule has 0 spiro atoms. The predicted molar refractivity (Wildman–Crippen MR) is 107 cm³/mol. The summed E-state index contributed by atoms with van der Waals surface area (Å²) in [6.07, 6.45) is 0.900. The number of nitrogens with zero attached hydrogens (tertiary/aromatic N) is 1. The minimum Gasteiger partial charge on any atom is -0.492 e. The first kappa shape index (κ1) is 21.2. The quantitative estimate of drug-likeness (QED) is 0.721. The maximum Gasteiger partial charge on any atom is 0.247 e. The summed E-state index contributed by atoms with van der Waals surface area (Å²) in [6.45, 7) is 3.77. The minimum absolute atomic E-state index is 0.0700. The van der Waals surface area contributed by atoms with Crippen molar-refractivity contribution < 1.29 is 17.9 Å². The zero-order chi connectivity index (χ0) is 20.0. The van der Waals surface area contributed by atoms with Gasteiger partial charge in [0.05, 0.1) is 13.2 Å². The number of rotatable bonds is 8. The summed E-state index contributed by atoms with van der Waals surface area (Å²) in [7, 11) is -2.61. The van der Waals surface area contributed by atoms with E-state index >= 15 is 0 Å². The zero-order valence-electron chi connectivity index (χ0n) is 15.5. The van der Waals surface area contributed by atoms with Crippen molar-refractivity contribution in [3.63, 3.8) is 0 Å². The van der Waals surface area contributed by atoms with Gasteiger partial charge in [0.2, 0.25) is 15.9 Å². The van der Waals surface area contributed by atoms with Crippen LogP contribution in [-0.2, 0) is 21.2 Å². The highest BCUT2D eigenvalue weighted by molar-refractivity contribution is 7.89. The van der Waals surface area contributed by atoms with Gasteiger partial charge >= 0.3 is 0 Å². The van der Waals surface area contributed by atoms with Gasteiger partial charge in [-0.25, -0.2) is 8.42 Å². The number of aryl methyl sites for hydroxylation is 1. The molecule has 1 N–H and O–H groups in total. The molecule has 146 valence electrons. The molecule has 0 saturated carbocycles. The first-order valence-corrected chi connectivity index (χ1v) is 10.4. The van der Waals surface area contributed by atoms with Crippen LogP contribution in [0, 0.1) is 0 Å². The minimum atomic E-state index is -3.95. The molecule has 27 heavy (non-hydrogen) atoms. The van der Waals surface area contributed by atoms with Gasteiger partial charge in [-0.15, -0.1) is 0 Å². The Balaban J connectivity index is 2.14. The van der Waals surface area contributed by atoms with E-state index in [1.54, 1.807) is 25.1 Å². The smallest absolute Gasteiger partial charge is 0.247 e. The van der Waals surface area contributed by atoms with Gasteiger partial charge in [-0.05, 0) is 49.2 Å². The van der Waals surface area contributed by atoms with Gasteiger partial charge in [0.15, 0.2) is 0 Å². The number of anilines is 1. The normalized spacial score (nSPS) is 11.4. The second-order valence-corrected chi connectivity index (χ2v) is 8.33. The second-order valence-electron chi connectivity index (χ2n) is 5.88. The molecule has 6 nitrogen and oxygen atoms in total. The van der Waals surface area contributed by atoms with Gasteiger partial charge in [-0.2, -0.15) is 4.31 Å². The number of sulfonamides is 1. The van der Waals surface area contributed by atoms with E-state index < -0.39 is 15.9 Å². The topological polar surface area (TPSA) is 75.7 Å². The molecule has 8 heteroatoms. The van der Waals surface area contributed by atoms with E-state index in [0.717, 1.165) is 16.3 Å². The molecule has 0 radical (unpaired) electrons. The third-order valence-corrected chi connectivity index (χ3v) is 5.97. The summed E-state index contributed by atoms with van der Waals surface area (Å²) in [4.78, 5) is 12.2. The number of likely N-dealkylation sites (N-methyl/N-ethyl adjacent to an activating group) is 1. The van der Waals surface area contributed by atoms with E-state index in [-0.39, 0.29) is 22.2 Å². The van der Waals surface area contributed by atoms with Crippen LogP contribution in [0.25, 0.3) is 0 Å². The number of carbonyl (C=O) groups is 1. The summed E-state index contributed by atoms with van der Waals surface area (Å²) in [5.41, 5.74) is 1.76. The maximum atomic E-state index is 12.9. The lowest BCUT2D eigenvalue weighted by Gasteiger charge is -2.19. The molecular formula is C19H23ClN2O4S. The number of halogens is 1. The lowest BCUT2D eigenvalue weighted by Crippen LogP contribution is -2.35. The molecule has 0 aliphatic rings. The molecule has 0 atom stereocenters. The van der Waals surface area contributed by atoms with Crippen molar-refractivity contribution in [2.45, 2.75) is 25.2 Å². The Hall–Kier alpha value is -2.09. The Morgan fingerprint density at radius 1 is 1.15 bits per heavy atom. The van der Waals surface area contributed by atoms with Crippen LogP contribution in [0.15, 0.2) is 47.4 Å². The summed E-state index contributed by atoms with van der Waals surface area (Å²) in [5, 5.41) is 2.97. The van der Waals surface area contributed by atoms with E-state index in [4.69, 9.17) is 16.3 Å². The molecule has 0 aromatic heterocycles. The van der Waals surface area contributed by atoms with Crippen LogP contribution in [0.5, 0.6) is 5.75 Å². The monoisotopic (exact) mass is 410 g/mol. The van der Waals surface area contributed by atoms with Crippen LogP contribution in [0.1, 0.15) is 19.4 Å². The van der Waals surface area contributed by atoms with Crippen LogP contribution < -0.4 is 10.1 Å². The molecule has 2 rings (SSSR count). The molecule has 0 aliphatic carbocycles. The molecule has 0 saturated heterocycles. The predicted octanol–water partition coefficient (Wildman–Crippen LogP) is 3.56. The molecule has 0 aliphatic heterocycles. The SMILES string of the molecule is CCOc1ccc(Cl)cc1S(=O)(=O)N(C)CC(=O)Nc1ccc(CC)cc1. The van der Waals surface area contributed by atoms with Crippen molar-refractivity contribution in [1.29, 1.82) is 0 Å². The van der Waals surface area contributed by atoms with Crippen molar-refractivity contribution >= 4 is 33.2 Å². The molecular weight excluding hydrogens is 388 g/mol. The first-order valence-electron chi connectivity index (χ1n) is 8.55. The summed E-state index contributed by atoms with van der Waals surface area (Å²) >= 11 is 5.95. The van der Waals surface area contributed by atoms with Crippen molar-refractivity contribution in [3.8, 4) is 5.75 Å². The Kier molecular flexibility index (Phi) is 7.24. The third kappa shape index (κ3) is 5.45. The number of hydrogen-bond donors (Lipinski definition) is 1. The number of ether oxygens (including phenoxy) is 1. The average molecular weight is 411 g/mol. The maximum absolute atomic E-state index is 12.9. The molecule has 2 aromatic rings. The fourth-order valence-corrected chi connectivity index (χ4v) is 3.95. The van der Waals surface area contributed by atoms with E-state index in [0.29, 0.717) is 12.3 Å². The van der Waals surface area contributed by atoms with E-state index in [9.17, 15) is 13.2 Å². The van der Waals surface area contributed by atoms with Crippen molar-refractivity contribution in [3.05, 3.63) is 53.1 Å². The highest BCUT2D eigenvalue weighted by Crippen LogP contribution is 2.29. The van der Waals surface area contributed by atoms with Gasteiger partial charge in [0.25, 0.3) is 0 Å². The highest BCUT2D eigenvalue weighted by Gasteiger charge is 2.27. The fraction of sp³-hybridized carbons (Fsp3) is 0.316. The van der Waals surface area contributed by atoms with Crippen LogP contribution in [-0.4, -0.2) is 38.8 Å². The highest BCUT2D eigenvalue weighted by atomic mass is 35.5. The largest absolute Gasteiger partial charge is 0.492 e. The van der Waals surface area contributed by atoms with Crippen molar-refractivity contribution in [1.82, 2.24) is 4.31 Å². The Morgan fingerprint density at radius 3 is 2.41 bits per heavy atom. The molecule has 0 bridgehead atoms. The standard InChI is InChI=1S/C19H23ClN2O4S/c1-4-14-6-9-16(10-7-14)21-19(23)13-22(3)27(24,25)18-12-15(20)8-11-17(18)26-5-2/h6-12H,4-5,13H2,1-3H3,(H,21,23). The molecule has 0 fully saturated rings. The van der Waals surface area contributed by atoms with E-state index in [2.05, 4.69) is 5.32 Å². The van der Waals surface area contributed by atoms with Crippen LogP contribution in [0.3, 0.4) is 0 Å². The van der Waals surface area contributed by atoms with E-state index in [1.807, 2.05) is 19.1 Å². The number of nitrogens with one attached hydrogen (secondary N) is 1. The van der Waals surface area contributed by atoms with Crippen molar-refractivity contribution in [2.24, 2.45) is 0 Å². The van der Waals surface area contributed by atoms with Crippen LogP contribution in [0.4, 0.5) is 5.69 Å². The third-order valence-electron chi connectivity index (χ3n) is 3.91. The summed E-state index contributed by atoms with van der Waals surface area (Å²) < 4.78 is 32.1. The lowest BCUT2D eigenvalue weighted by molar-refractivity contribution is -0.116. The zero-order valence-corrected chi connectivity index (χ0v) is 17.1. The van der Waals surface area contributed by atoms with Gasteiger partial charge in [0.1, 0.15) is 10.6 Å². The number of hydrogen-bond acceptors (Lipinski definition) is 4. The summed E-state index contributed by atoms with van der Waals surface area (Å²) in [5.74, 6) is -0.241. The van der Waals surface area contributed by atoms with Gasteiger partial charge in [-0.3, -0.25) is 4.79 Å². The summed E-state index contributed by atoms with van der Waals surface area (Å²) in [6, 6.07) is 11.8. The average Bonchev–Trinajstić information content (AvgIpc) is 2.63. The number of benzene rings is 2. The lowest BCUT2D eigenvalue weighted by atomic mass is 10.1. The van der Waals surface area contributed by atoms with Crippen LogP contribution >= 0.6 is 11.6 Å². The second kappa shape index (κ2) is 9.21. The van der Waals surface area contributed by atoms with Gasteiger partial charge < -0.3 is 10.1 Å².